The van der Waals surface area contributed by atoms with Gasteiger partial charge in [-0.1, -0.05) is 12.1 Å². The lowest BCUT2D eigenvalue weighted by molar-refractivity contribution is 0.0168. The Hall–Kier alpha value is -1.06. The molecule has 3 heteroatoms. The summed E-state index contributed by atoms with van der Waals surface area (Å²) >= 11 is 0. The third-order valence-corrected chi connectivity index (χ3v) is 2.89. The Morgan fingerprint density at radius 3 is 3.06 bits per heavy atom. The van der Waals surface area contributed by atoms with E-state index in [-0.39, 0.29) is 0 Å². The van der Waals surface area contributed by atoms with Crippen LogP contribution in [0.4, 0.5) is 0 Å². The molecule has 1 saturated heterocycles. The first-order valence-electron chi connectivity index (χ1n) is 5.95. The number of benzene rings is 1. The highest BCUT2D eigenvalue weighted by Gasteiger charge is 2.12. The second kappa shape index (κ2) is 5.87. The van der Waals surface area contributed by atoms with Crippen LogP contribution in [0, 0.1) is 0 Å². The predicted molar refractivity (Wildman–Crippen MR) is 63.4 cm³/mol. The van der Waals surface area contributed by atoms with Gasteiger partial charge in [-0.2, -0.15) is 0 Å². The average molecular weight is 221 g/mol. The molecule has 88 valence electrons. The maximum Gasteiger partial charge on any atom is 0.115 e. The molecular formula is C13H19NO2. The summed E-state index contributed by atoms with van der Waals surface area (Å²) in [6, 6.07) is 7.35. The third kappa shape index (κ3) is 3.51. The molecule has 0 spiro atoms. The molecule has 0 amide bonds. The number of nitrogens with one attached hydrogen (secondary N) is 1. The van der Waals surface area contributed by atoms with Crippen LogP contribution in [0.2, 0.25) is 0 Å². The summed E-state index contributed by atoms with van der Waals surface area (Å²) in [6.07, 6.45) is 4.00. The molecule has 0 bridgehead atoms. The monoisotopic (exact) mass is 221 g/mol. The number of hydrogen-bond acceptors (Lipinski definition) is 3. The molecule has 1 unspecified atom stereocenters. The number of phenolic OH excluding ortho intramolecular Hbond substituents is 1. The van der Waals surface area contributed by atoms with E-state index in [2.05, 4.69) is 5.32 Å². The van der Waals surface area contributed by atoms with Gasteiger partial charge in [-0.05, 0) is 37.0 Å². The zero-order valence-corrected chi connectivity index (χ0v) is 9.48. The molecule has 0 saturated carbocycles. The first-order valence-corrected chi connectivity index (χ1v) is 5.95. The van der Waals surface area contributed by atoms with Crippen LogP contribution in [0.15, 0.2) is 24.3 Å². The van der Waals surface area contributed by atoms with Gasteiger partial charge < -0.3 is 15.2 Å². The number of ether oxygens (including phenoxy) is 1. The molecule has 16 heavy (non-hydrogen) atoms. The van der Waals surface area contributed by atoms with Gasteiger partial charge in [-0.3, -0.25) is 0 Å². The highest BCUT2D eigenvalue weighted by atomic mass is 16.5. The van der Waals surface area contributed by atoms with Crippen molar-refractivity contribution in [2.75, 3.05) is 13.2 Å². The van der Waals surface area contributed by atoms with E-state index in [4.69, 9.17) is 4.74 Å². The molecular weight excluding hydrogens is 202 g/mol. The number of hydrogen-bond donors (Lipinski definition) is 2. The Kier molecular flexibility index (Phi) is 4.19. The van der Waals surface area contributed by atoms with Crippen molar-refractivity contribution in [3.8, 4) is 5.75 Å². The molecule has 2 rings (SSSR count). The van der Waals surface area contributed by atoms with Gasteiger partial charge in [-0.25, -0.2) is 0 Å². The standard InChI is InChI=1S/C13H19NO2/c15-12-5-3-4-11(8-12)9-14-10-13-6-1-2-7-16-13/h3-5,8,13-15H,1-2,6-7,9-10H2. The molecule has 2 N–H and O–H groups in total. The van der Waals surface area contributed by atoms with E-state index in [1.165, 1.54) is 12.8 Å². The summed E-state index contributed by atoms with van der Waals surface area (Å²) in [4.78, 5) is 0. The van der Waals surface area contributed by atoms with Crippen LogP contribution >= 0.6 is 0 Å². The maximum absolute atomic E-state index is 9.31. The van der Waals surface area contributed by atoms with Gasteiger partial charge in [0.2, 0.25) is 0 Å². The summed E-state index contributed by atoms with van der Waals surface area (Å²) in [5, 5.41) is 12.7. The molecule has 1 aliphatic rings. The zero-order chi connectivity index (χ0) is 11.2. The van der Waals surface area contributed by atoms with Crippen molar-refractivity contribution >= 4 is 0 Å². The van der Waals surface area contributed by atoms with E-state index in [0.29, 0.717) is 11.9 Å². The fourth-order valence-electron chi connectivity index (χ4n) is 2.01. The van der Waals surface area contributed by atoms with Crippen molar-refractivity contribution in [2.45, 2.75) is 31.9 Å². The third-order valence-electron chi connectivity index (χ3n) is 2.89. The summed E-state index contributed by atoms with van der Waals surface area (Å²) in [5.41, 5.74) is 1.11. The van der Waals surface area contributed by atoms with Gasteiger partial charge in [0.1, 0.15) is 5.75 Å². The summed E-state index contributed by atoms with van der Waals surface area (Å²) in [6.45, 7) is 2.59. The second-order valence-corrected chi connectivity index (χ2v) is 4.29. The molecule has 1 aromatic rings. The highest BCUT2D eigenvalue weighted by molar-refractivity contribution is 5.26. The minimum atomic E-state index is 0.327. The van der Waals surface area contributed by atoms with E-state index >= 15 is 0 Å². The zero-order valence-electron chi connectivity index (χ0n) is 9.48. The van der Waals surface area contributed by atoms with Crippen LogP contribution in [0.25, 0.3) is 0 Å². The van der Waals surface area contributed by atoms with Crippen LogP contribution in [-0.2, 0) is 11.3 Å². The average Bonchev–Trinajstić information content (AvgIpc) is 2.30. The van der Waals surface area contributed by atoms with Crippen molar-refractivity contribution < 1.29 is 9.84 Å². The van der Waals surface area contributed by atoms with Crippen LogP contribution in [0.1, 0.15) is 24.8 Å². The minimum absolute atomic E-state index is 0.327. The van der Waals surface area contributed by atoms with E-state index in [9.17, 15) is 5.11 Å². The molecule has 0 aliphatic carbocycles. The SMILES string of the molecule is Oc1cccc(CNCC2CCCCO2)c1. The van der Waals surface area contributed by atoms with Gasteiger partial charge in [0.25, 0.3) is 0 Å². The van der Waals surface area contributed by atoms with Crippen molar-refractivity contribution in [2.24, 2.45) is 0 Å². The maximum atomic E-state index is 9.31. The van der Waals surface area contributed by atoms with Crippen molar-refractivity contribution in [1.29, 1.82) is 0 Å². The Labute approximate surface area is 96.4 Å². The first kappa shape index (κ1) is 11.4. The normalized spacial score (nSPS) is 20.9. The highest BCUT2D eigenvalue weighted by Crippen LogP contribution is 2.13. The molecule has 1 aromatic carbocycles. The lowest BCUT2D eigenvalue weighted by atomic mass is 10.1. The fraction of sp³-hybridized carbons (Fsp3) is 0.538. The topological polar surface area (TPSA) is 41.5 Å². The van der Waals surface area contributed by atoms with Gasteiger partial charge >= 0.3 is 0 Å². The van der Waals surface area contributed by atoms with Crippen molar-refractivity contribution in [1.82, 2.24) is 5.32 Å². The lowest BCUT2D eigenvalue weighted by Crippen LogP contribution is -2.31. The first-order chi connectivity index (χ1) is 7.84. The Balaban J connectivity index is 1.71. The minimum Gasteiger partial charge on any atom is -0.508 e. The Morgan fingerprint density at radius 1 is 1.38 bits per heavy atom. The van der Waals surface area contributed by atoms with Crippen LogP contribution < -0.4 is 5.32 Å². The summed E-state index contributed by atoms with van der Waals surface area (Å²) in [5.74, 6) is 0.327. The molecule has 1 fully saturated rings. The van der Waals surface area contributed by atoms with E-state index in [0.717, 1.165) is 31.7 Å². The molecule has 3 nitrogen and oxygen atoms in total. The fourth-order valence-corrected chi connectivity index (χ4v) is 2.01. The van der Waals surface area contributed by atoms with Crippen molar-refractivity contribution in [3.63, 3.8) is 0 Å². The number of phenols is 1. The van der Waals surface area contributed by atoms with Crippen LogP contribution in [0.3, 0.4) is 0 Å². The van der Waals surface area contributed by atoms with Gasteiger partial charge in [0, 0.05) is 19.7 Å². The second-order valence-electron chi connectivity index (χ2n) is 4.29. The smallest absolute Gasteiger partial charge is 0.115 e. The molecule has 0 aromatic heterocycles. The van der Waals surface area contributed by atoms with Crippen LogP contribution in [-0.4, -0.2) is 24.4 Å². The molecule has 1 heterocycles. The largest absolute Gasteiger partial charge is 0.508 e. The van der Waals surface area contributed by atoms with Crippen molar-refractivity contribution in [3.05, 3.63) is 29.8 Å². The predicted octanol–water partition coefficient (Wildman–Crippen LogP) is 2.05. The van der Waals surface area contributed by atoms with Crippen LogP contribution in [0.5, 0.6) is 5.75 Å². The Bertz CT molecular complexity index is 321. The lowest BCUT2D eigenvalue weighted by Gasteiger charge is -2.22. The summed E-state index contributed by atoms with van der Waals surface area (Å²) in [7, 11) is 0. The van der Waals surface area contributed by atoms with E-state index < -0.39 is 0 Å². The van der Waals surface area contributed by atoms with E-state index in [1.807, 2.05) is 12.1 Å². The number of aromatic hydroxyl groups is 1. The quantitative estimate of drug-likeness (QED) is 0.817. The van der Waals surface area contributed by atoms with E-state index in [1.54, 1.807) is 12.1 Å². The Morgan fingerprint density at radius 2 is 2.31 bits per heavy atom. The molecule has 0 radical (unpaired) electrons. The number of rotatable bonds is 4. The molecule has 1 aliphatic heterocycles. The summed E-state index contributed by atoms with van der Waals surface area (Å²) < 4.78 is 5.63. The van der Waals surface area contributed by atoms with Gasteiger partial charge in [-0.15, -0.1) is 0 Å². The van der Waals surface area contributed by atoms with Gasteiger partial charge in [0.05, 0.1) is 6.10 Å². The molecule has 1 atom stereocenters. The van der Waals surface area contributed by atoms with Gasteiger partial charge in [0.15, 0.2) is 0 Å².